The highest BCUT2D eigenvalue weighted by Gasteiger charge is 2.34. The summed E-state index contributed by atoms with van der Waals surface area (Å²) in [5, 5.41) is 9.34. The third-order valence-electron chi connectivity index (χ3n) is 1.72. The standard InChI is InChI=1S/C8H12O3/c1-3-4-6-7(9)5(2)11-8(6)10/h4-5,7,9H,3H2,1-2H3/b6-4+/t5-,7+/m0/s1. The van der Waals surface area contributed by atoms with Crippen molar-refractivity contribution in [3.05, 3.63) is 11.6 Å². The van der Waals surface area contributed by atoms with Gasteiger partial charge in [-0.1, -0.05) is 13.0 Å². The Hall–Kier alpha value is -0.830. The highest BCUT2D eigenvalue weighted by Crippen LogP contribution is 2.20. The molecule has 2 atom stereocenters. The second-order valence-corrected chi connectivity index (χ2v) is 2.62. The largest absolute Gasteiger partial charge is 0.456 e. The Morgan fingerprint density at radius 1 is 1.73 bits per heavy atom. The van der Waals surface area contributed by atoms with Crippen LogP contribution in [0.3, 0.4) is 0 Å². The summed E-state index contributed by atoms with van der Waals surface area (Å²) in [5.74, 6) is -0.383. The molecule has 11 heavy (non-hydrogen) atoms. The number of carbonyl (C=O) groups excluding carboxylic acids is 1. The van der Waals surface area contributed by atoms with Crippen LogP contribution in [-0.2, 0) is 9.53 Å². The molecule has 1 aliphatic rings. The molecule has 1 N–H and O–H groups in total. The van der Waals surface area contributed by atoms with Crippen molar-refractivity contribution >= 4 is 5.97 Å². The van der Waals surface area contributed by atoms with Crippen molar-refractivity contribution in [2.24, 2.45) is 0 Å². The van der Waals surface area contributed by atoms with Crippen LogP contribution in [0, 0.1) is 0 Å². The van der Waals surface area contributed by atoms with Crippen LogP contribution in [0.25, 0.3) is 0 Å². The van der Waals surface area contributed by atoms with Gasteiger partial charge >= 0.3 is 5.97 Å². The van der Waals surface area contributed by atoms with E-state index in [4.69, 9.17) is 4.74 Å². The molecule has 0 unspecified atom stereocenters. The predicted molar refractivity (Wildman–Crippen MR) is 39.9 cm³/mol. The number of hydrogen-bond acceptors (Lipinski definition) is 3. The third kappa shape index (κ3) is 1.43. The third-order valence-corrected chi connectivity index (χ3v) is 1.72. The number of aliphatic hydroxyl groups is 1. The molecular weight excluding hydrogens is 144 g/mol. The summed E-state index contributed by atoms with van der Waals surface area (Å²) in [6.45, 7) is 3.59. The Bertz CT molecular complexity index is 196. The van der Waals surface area contributed by atoms with Gasteiger partial charge in [0, 0.05) is 0 Å². The molecule has 0 aromatic carbocycles. The molecule has 0 aliphatic carbocycles. The number of hydrogen-bond donors (Lipinski definition) is 1. The molecule has 3 nitrogen and oxygen atoms in total. The number of rotatable bonds is 1. The normalized spacial score (nSPS) is 34.5. The Morgan fingerprint density at radius 2 is 2.36 bits per heavy atom. The molecule has 62 valence electrons. The molecule has 1 heterocycles. The van der Waals surface area contributed by atoms with Crippen molar-refractivity contribution in [2.75, 3.05) is 0 Å². The molecule has 1 aliphatic heterocycles. The number of aliphatic hydroxyl groups excluding tert-OH is 1. The van der Waals surface area contributed by atoms with Crippen LogP contribution in [0.5, 0.6) is 0 Å². The van der Waals surface area contributed by atoms with E-state index in [-0.39, 0.29) is 12.1 Å². The molecule has 1 rings (SSSR count). The van der Waals surface area contributed by atoms with Gasteiger partial charge in [0.1, 0.15) is 12.2 Å². The first kappa shape index (κ1) is 8.27. The summed E-state index contributed by atoms with van der Waals surface area (Å²) in [7, 11) is 0. The molecule has 0 bridgehead atoms. The van der Waals surface area contributed by atoms with Gasteiger partial charge in [-0.05, 0) is 13.3 Å². The monoisotopic (exact) mass is 156 g/mol. The van der Waals surface area contributed by atoms with E-state index >= 15 is 0 Å². The Labute approximate surface area is 65.7 Å². The summed E-state index contributed by atoms with van der Waals surface area (Å²) in [6, 6.07) is 0. The van der Waals surface area contributed by atoms with Gasteiger partial charge in [-0.2, -0.15) is 0 Å². The molecule has 0 saturated carbocycles. The van der Waals surface area contributed by atoms with Crippen LogP contribution in [0.1, 0.15) is 20.3 Å². The van der Waals surface area contributed by atoms with E-state index in [9.17, 15) is 9.90 Å². The maximum absolute atomic E-state index is 10.9. The number of carbonyl (C=O) groups is 1. The minimum Gasteiger partial charge on any atom is -0.456 e. The van der Waals surface area contributed by atoms with Crippen molar-refractivity contribution in [1.29, 1.82) is 0 Å². The van der Waals surface area contributed by atoms with E-state index in [1.54, 1.807) is 13.0 Å². The average molecular weight is 156 g/mol. The zero-order valence-electron chi connectivity index (χ0n) is 6.70. The fourth-order valence-corrected chi connectivity index (χ4v) is 1.10. The fraction of sp³-hybridized carbons (Fsp3) is 0.625. The van der Waals surface area contributed by atoms with Gasteiger partial charge in [0.05, 0.1) is 5.57 Å². The minimum atomic E-state index is -0.734. The lowest BCUT2D eigenvalue weighted by Crippen LogP contribution is -2.17. The lowest BCUT2D eigenvalue weighted by atomic mass is 10.1. The van der Waals surface area contributed by atoms with E-state index in [2.05, 4.69) is 0 Å². The van der Waals surface area contributed by atoms with Crippen molar-refractivity contribution < 1.29 is 14.6 Å². The summed E-state index contributed by atoms with van der Waals surface area (Å²) in [4.78, 5) is 10.9. The van der Waals surface area contributed by atoms with E-state index in [1.165, 1.54) is 0 Å². The number of ether oxygens (including phenoxy) is 1. The lowest BCUT2D eigenvalue weighted by molar-refractivity contribution is -0.138. The van der Waals surface area contributed by atoms with Gasteiger partial charge in [-0.3, -0.25) is 0 Å². The van der Waals surface area contributed by atoms with Crippen molar-refractivity contribution in [3.8, 4) is 0 Å². The molecule has 0 spiro atoms. The van der Waals surface area contributed by atoms with Gasteiger partial charge in [-0.25, -0.2) is 4.79 Å². The smallest absolute Gasteiger partial charge is 0.336 e. The molecule has 0 amide bonds. The second-order valence-electron chi connectivity index (χ2n) is 2.62. The zero-order valence-corrected chi connectivity index (χ0v) is 6.70. The number of allylic oxidation sites excluding steroid dienone is 1. The van der Waals surface area contributed by atoms with Crippen LogP contribution in [0.2, 0.25) is 0 Å². The van der Waals surface area contributed by atoms with Gasteiger partial charge in [0.2, 0.25) is 0 Å². The van der Waals surface area contributed by atoms with Gasteiger partial charge in [0.25, 0.3) is 0 Å². The molecule has 1 fully saturated rings. The van der Waals surface area contributed by atoms with Gasteiger partial charge in [0.15, 0.2) is 0 Å². The molecule has 0 aromatic heterocycles. The number of esters is 1. The first-order chi connectivity index (χ1) is 5.16. The quantitative estimate of drug-likeness (QED) is 0.447. The topological polar surface area (TPSA) is 46.5 Å². The summed E-state index contributed by atoms with van der Waals surface area (Å²) in [6.07, 6.45) is 1.33. The summed E-state index contributed by atoms with van der Waals surface area (Å²) < 4.78 is 4.78. The van der Waals surface area contributed by atoms with Crippen LogP contribution in [0.4, 0.5) is 0 Å². The fourth-order valence-electron chi connectivity index (χ4n) is 1.10. The highest BCUT2D eigenvalue weighted by molar-refractivity contribution is 5.92. The first-order valence-corrected chi connectivity index (χ1v) is 3.76. The van der Waals surface area contributed by atoms with E-state index in [0.717, 1.165) is 6.42 Å². The van der Waals surface area contributed by atoms with Crippen molar-refractivity contribution in [2.45, 2.75) is 32.5 Å². The van der Waals surface area contributed by atoms with Crippen molar-refractivity contribution in [1.82, 2.24) is 0 Å². The molecule has 0 radical (unpaired) electrons. The lowest BCUT2D eigenvalue weighted by Gasteiger charge is -2.03. The summed E-state index contributed by atoms with van der Waals surface area (Å²) in [5.41, 5.74) is 0.403. The number of cyclic esters (lactones) is 1. The first-order valence-electron chi connectivity index (χ1n) is 3.76. The maximum atomic E-state index is 10.9. The highest BCUT2D eigenvalue weighted by atomic mass is 16.6. The minimum absolute atomic E-state index is 0.383. The molecule has 0 aromatic rings. The van der Waals surface area contributed by atoms with Crippen LogP contribution in [0.15, 0.2) is 11.6 Å². The second kappa shape index (κ2) is 3.05. The van der Waals surface area contributed by atoms with E-state index in [1.807, 2.05) is 6.92 Å². The molecular formula is C8H12O3. The Kier molecular flexibility index (Phi) is 2.29. The average Bonchev–Trinajstić information content (AvgIpc) is 2.17. The van der Waals surface area contributed by atoms with Crippen LogP contribution < -0.4 is 0 Å². The van der Waals surface area contributed by atoms with Crippen LogP contribution in [-0.4, -0.2) is 23.3 Å². The predicted octanol–water partition coefficient (Wildman–Crippen LogP) is 0.629. The molecule has 3 heteroatoms. The van der Waals surface area contributed by atoms with E-state index in [0.29, 0.717) is 5.57 Å². The zero-order chi connectivity index (χ0) is 8.43. The van der Waals surface area contributed by atoms with Gasteiger partial charge in [-0.15, -0.1) is 0 Å². The van der Waals surface area contributed by atoms with E-state index < -0.39 is 6.10 Å². The summed E-state index contributed by atoms with van der Waals surface area (Å²) >= 11 is 0. The Morgan fingerprint density at radius 3 is 2.73 bits per heavy atom. The van der Waals surface area contributed by atoms with Crippen molar-refractivity contribution in [3.63, 3.8) is 0 Å². The SMILES string of the molecule is CC/C=C1/C(=O)O[C@@H](C)[C@H]1O. The van der Waals surface area contributed by atoms with Gasteiger partial charge < -0.3 is 9.84 Å². The van der Waals surface area contributed by atoms with Crippen LogP contribution >= 0.6 is 0 Å². The Balaban J connectivity index is 2.80. The maximum Gasteiger partial charge on any atom is 0.336 e. The molecule has 1 saturated heterocycles.